The summed E-state index contributed by atoms with van der Waals surface area (Å²) in [6, 6.07) is 5.34. The Morgan fingerprint density at radius 3 is 2.80 bits per heavy atom. The fraction of sp³-hybridized carbons (Fsp3) is 0.0909. The maximum Gasteiger partial charge on any atom is 0.329 e. The van der Waals surface area contributed by atoms with E-state index in [1.807, 2.05) is 6.07 Å². The lowest BCUT2D eigenvalue weighted by Crippen LogP contribution is -2.04. The van der Waals surface area contributed by atoms with E-state index in [4.69, 9.17) is 11.6 Å². The number of aromatic nitrogens is 2. The first-order chi connectivity index (χ1) is 9.51. The molecule has 0 amide bonds. The molecule has 9 heteroatoms. The third-order valence-corrected chi connectivity index (χ3v) is 3.92. The van der Waals surface area contributed by atoms with Crippen molar-refractivity contribution in [2.75, 3.05) is 17.7 Å². The van der Waals surface area contributed by atoms with Gasteiger partial charge in [-0.25, -0.2) is 4.98 Å². The smallest absolute Gasteiger partial charge is 0.329 e. The molecule has 0 saturated carbocycles. The van der Waals surface area contributed by atoms with E-state index in [9.17, 15) is 10.1 Å². The third-order valence-electron chi connectivity index (χ3n) is 2.38. The average molecular weight is 406 g/mol. The maximum atomic E-state index is 10.8. The molecule has 2 aromatic rings. The average Bonchev–Trinajstić information content (AvgIpc) is 2.42. The Balaban J connectivity index is 2.29. The highest BCUT2D eigenvalue weighted by molar-refractivity contribution is 14.1. The number of nitro groups is 1. The van der Waals surface area contributed by atoms with Crippen molar-refractivity contribution in [2.24, 2.45) is 0 Å². The number of rotatable bonds is 4. The minimum atomic E-state index is -0.541. The Morgan fingerprint density at radius 1 is 1.45 bits per heavy atom. The van der Waals surface area contributed by atoms with Crippen LogP contribution >= 0.6 is 34.2 Å². The monoisotopic (exact) mass is 405 g/mol. The van der Waals surface area contributed by atoms with Gasteiger partial charge in [-0.05, 0) is 40.8 Å². The van der Waals surface area contributed by atoms with E-state index in [1.165, 1.54) is 0 Å². The molecular formula is C11H9ClIN5O2. The highest BCUT2D eigenvalue weighted by atomic mass is 127. The molecule has 0 aliphatic carbocycles. The minimum Gasteiger partial charge on any atom is -0.367 e. The number of nitrogens with one attached hydrogen (secondary N) is 2. The quantitative estimate of drug-likeness (QED) is 0.460. The predicted molar refractivity (Wildman–Crippen MR) is 85.7 cm³/mol. The van der Waals surface area contributed by atoms with Crippen molar-refractivity contribution < 1.29 is 4.92 Å². The predicted octanol–water partition coefficient (Wildman–Crippen LogP) is 3.43. The van der Waals surface area contributed by atoms with E-state index >= 15 is 0 Å². The standard InChI is InChI=1S/C11H9ClIN5O2/c1-14-10-9(18(19)20)5-15-11(17-10)16-6-2-3-7(12)8(13)4-6/h2-5H,1H3,(H2,14,15,16,17). The van der Waals surface area contributed by atoms with Crippen molar-refractivity contribution in [3.63, 3.8) is 0 Å². The molecule has 0 saturated heterocycles. The van der Waals surface area contributed by atoms with Gasteiger partial charge in [-0.15, -0.1) is 0 Å². The van der Waals surface area contributed by atoms with Crippen LogP contribution in [0.15, 0.2) is 24.4 Å². The second-order valence-electron chi connectivity index (χ2n) is 3.69. The van der Waals surface area contributed by atoms with Gasteiger partial charge in [0.2, 0.25) is 11.8 Å². The second-order valence-corrected chi connectivity index (χ2v) is 5.26. The molecule has 0 radical (unpaired) electrons. The summed E-state index contributed by atoms with van der Waals surface area (Å²) in [7, 11) is 1.56. The highest BCUT2D eigenvalue weighted by Gasteiger charge is 2.16. The topological polar surface area (TPSA) is 93.0 Å². The van der Waals surface area contributed by atoms with Gasteiger partial charge in [0, 0.05) is 16.3 Å². The van der Waals surface area contributed by atoms with E-state index < -0.39 is 4.92 Å². The van der Waals surface area contributed by atoms with Crippen molar-refractivity contribution in [3.05, 3.63) is 43.1 Å². The fourth-order valence-corrected chi connectivity index (χ4v) is 2.09. The summed E-state index contributed by atoms with van der Waals surface area (Å²) < 4.78 is 0.880. The first kappa shape index (κ1) is 14.7. The fourth-order valence-electron chi connectivity index (χ4n) is 1.46. The molecule has 1 aromatic heterocycles. The lowest BCUT2D eigenvalue weighted by Gasteiger charge is -2.07. The van der Waals surface area contributed by atoms with Crippen LogP contribution in [0.3, 0.4) is 0 Å². The molecule has 1 heterocycles. The van der Waals surface area contributed by atoms with Gasteiger partial charge >= 0.3 is 5.69 Å². The number of hydrogen-bond donors (Lipinski definition) is 2. The second kappa shape index (κ2) is 6.18. The number of nitrogens with zero attached hydrogens (tertiary/aromatic N) is 3. The first-order valence-corrected chi connectivity index (χ1v) is 6.88. The van der Waals surface area contributed by atoms with E-state index in [0.717, 1.165) is 15.5 Å². The van der Waals surface area contributed by atoms with Gasteiger partial charge in [0.15, 0.2) is 0 Å². The summed E-state index contributed by atoms with van der Waals surface area (Å²) in [4.78, 5) is 18.2. The Hall–Kier alpha value is -1.68. The van der Waals surface area contributed by atoms with Gasteiger partial charge in [0.1, 0.15) is 6.20 Å². The SMILES string of the molecule is CNc1nc(Nc2ccc(Cl)c(I)c2)ncc1[N+](=O)[O-]. The molecule has 0 aliphatic heterocycles. The molecular weight excluding hydrogens is 397 g/mol. The molecule has 7 nitrogen and oxygen atoms in total. The Bertz CT molecular complexity index is 667. The summed E-state index contributed by atoms with van der Waals surface area (Å²) in [5.41, 5.74) is 0.568. The molecule has 0 bridgehead atoms. The summed E-state index contributed by atoms with van der Waals surface area (Å²) in [5.74, 6) is 0.411. The van der Waals surface area contributed by atoms with Gasteiger partial charge in [0.25, 0.3) is 0 Å². The van der Waals surface area contributed by atoms with E-state index in [2.05, 4.69) is 43.2 Å². The molecule has 104 valence electrons. The molecule has 0 spiro atoms. The van der Waals surface area contributed by atoms with E-state index in [-0.39, 0.29) is 17.5 Å². The van der Waals surface area contributed by atoms with Crippen LogP contribution in [0.5, 0.6) is 0 Å². The summed E-state index contributed by atoms with van der Waals surface area (Å²) in [5, 5.41) is 17.1. The van der Waals surface area contributed by atoms with Crippen molar-refractivity contribution in [1.29, 1.82) is 0 Å². The lowest BCUT2D eigenvalue weighted by molar-refractivity contribution is -0.384. The van der Waals surface area contributed by atoms with Crippen LogP contribution in [0, 0.1) is 13.7 Å². The number of anilines is 3. The molecule has 0 fully saturated rings. The normalized spacial score (nSPS) is 10.2. The van der Waals surface area contributed by atoms with Crippen molar-refractivity contribution in [1.82, 2.24) is 9.97 Å². The van der Waals surface area contributed by atoms with Crippen LogP contribution in [0.2, 0.25) is 5.02 Å². The number of hydrogen-bond acceptors (Lipinski definition) is 6. The van der Waals surface area contributed by atoms with Crippen molar-refractivity contribution in [3.8, 4) is 0 Å². The Labute approximate surface area is 133 Å². The highest BCUT2D eigenvalue weighted by Crippen LogP contribution is 2.25. The Kier molecular flexibility index (Phi) is 4.55. The number of halogens is 2. The zero-order chi connectivity index (χ0) is 14.7. The largest absolute Gasteiger partial charge is 0.367 e. The molecule has 1 aromatic carbocycles. The van der Waals surface area contributed by atoms with Crippen LogP contribution in [-0.4, -0.2) is 21.9 Å². The molecule has 2 N–H and O–H groups in total. The van der Waals surface area contributed by atoms with Gasteiger partial charge in [-0.1, -0.05) is 11.6 Å². The van der Waals surface area contributed by atoms with Crippen molar-refractivity contribution in [2.45, 2.75) is 0 Å². The third kappa shape index (κ3) is 3.25. The van der Waals surface area contributed by atoms with Crippen molar-refractivity contribution >= 4 is 57.3 Å². The van der Waals surface area contributed by atoms with E-state index in [0.29, 0.717) is 5.02 Å². The van der Waals surface area contributed by atoms with Gasteiger partial charge in [-0.3, -0.25) is 10.1 Å². The van der Waals surface area contributed by atoms with Crippen LogP contribution in [0.25, 0.3) is 0 Å². The van der Waals surface area contributed by atoms with Crippen LogP contribution in [0.1, 0.15) is 0 Å². The number of benzene rings is 1. The molecule has 20 heavy (non-hydrogen) atoms. The minimum absolute atomic E-state index is 0.149. The zero-order valence-corrected chi connectivity index (χ0v) is 13.1. The summed E-state index contributed by atoms with van der Waals surface area (Å²) >= 11 is 8.04. The Morgan fingerprint density at radius 2 is 2.20 bits per heavy atom. The van der Waals surface area contributed by atoms with Gasteiger partial charge < -0.3 is 10.6 Å². The van der Waals surface area contributed by atoms with Crippen LogP contribution in [0.4, 0.5) is 23.1 Å². The van der Waals surface area contributed by atoms with E-state index in [1.54, 1.807) is 19.2 Å². The molecule has 0 aliphatic rings. The van der Waals surface area contributed by atoms with Crippen LogP contribution in [-0.2, 0) is 0 Å². The lowest BCUT2D eigenvalue weighted by atomic mass is 10.3. The van der Waals surface area contributed by atoms with Crippen LogP contribution < -0.4 is 10.6 Å². The first-order valence-electron chi connectivity index (χ1n) is 5.42. The molecule has 0 atom stereocenters. The maximum absolute atomic E-state index is 10.8. The molecule has 0 unspecified atom stereocenters. The summed E-state index contributed by atoms with van der Waals surface area (Å²) in [6.45, 7) is 0. The zero-order valence-electron chi connectivity index (χ0n) is 10.2. The summed E-state index contributed by atoms with van der Waals surface area (Å²) in [6.07, 6.45) is 1.15. The van der Waals surface area contributed by atoms with Gasteiger partial charge in [0.05, 0.1) is 9.95 Å². The van der Waals surface area contributed by atoms with Gasteiger partial charge in [-0.2, -0.15) is 4.98 Å². The molecule has 2 rings (SSSR count).